The van der Waals surface area contributed by atoms with Gasteiger partial charge in [-0.05, 0) is 67.1 Å². The zero-order valence-corrected chi connectivity index (χ0v) is 18.2. The van der Waals surface area contributed by atoms with Crippen molar-refractivity contribution in [2.24, 2.45) is 0 Å². The van der Waals surface area contributed by atoms with E-state index in [4.69, 9.17) is 9.47 Å². The first kappa shape index (κ1) is 20.7. The van der Waals surface area contributed by atoms with Gasteiger partial charge in [0.1, 0.15) is 5.70 Å². The first-order valence-electron chi connectivity index (χ1n) is 9.54. The number of fused-ring (bicyclic) bond motifs is 1. The number of aryl methyl sites for hydroxylation is 1. The molecule has 7 heteroatoms. The molecule has 4 rings (SSSR count). The second-order valence-corrected chi connectivity index (χ2v) is 7.87. The topological polar surface area (TPSA) is 76.7 Å². The van der Waals surface area contributed by atoms with Crippen molar-refractivity contribution in [3.05, 3.63) is 93.6 Å². The van der Waals surface area contributed by atoms with Gasteiger partial charge in [0, 0.05) is 15.7 Å². The van der Waals surface area contributed by atoms with Crippen molar-refractivity contribution in [1.82, 2.24) is 5.32 Å². The Kier molecular flexibility index (Phi) is 6.04. The fourth-order valence-electron chi connectivity index (χ4n) is 2.96. The molecule has 0 fully saturated rings. The SMILES string of the molecule is Cc1ccc(NC(=O)/C(=C/c2ccc3c(c2)OCO3)NC(=O)c2ccc(Br)cc2)cc1. The number of anilines is 1. The minimum Gasteiger partial charge on any atom is -0.454 e. The van der Waals surface area contributed by atoms with Crippen LogP contribution in [-0.2, 0) is 4.79 Å². The Morgan fingerprint density at radius 2 is 1.65 bits per heavy atom. The Hall–Kier alpha value is -3.58. The number of hydrogen-bond donors (Lipinski definition) is 2. The normalized spacial score (nSPS) is 12.4. The number of carbonyl (C=O) groups excluding carboxylic acids is 2. The van der Waals surface area contributed by atoms with Crippen molar-refractivity contribution in [3.63, 3.8) is 0 Å². The first-order chi connectivity index (χ1) is 15.0. The highest BCUT2D eigenvalue weighted by atomic mass is 79.9. The lowest BCUT2D eigenvalue weighted by atomic mass is 10.1. The molecule has 6 nitrogen and oxygen atoms in total. The lowest BCUT2D eigenvalue weighted by molar-refractivity contribution is -0.113. The third kappa shape index (κ3) is 5.13. The molecule has 0 bridgehead atoms. The molecular weight excluding hydrogens is 460 g/mol. The minimum absolute atomic E-state index is 0.104. The van der Waals surface area contributed by atoms with E-state index >= 15 is 0 Å². The summed E-state index contributed by atoms with van der Waals surface area (Å²) in [5, 5.41) is 5.55. The van der Waals surface area contributed by atoms with E-state index in [9.17, 15) is 9.59 Å². The molecule has 1 aliphatic heterocycles. The van der Waals surface area contributed by atoms with E-state index in [2.05, 4.69) is 26.6 Å². The van der Waals surface area contributed by atoms with Crippen LogP contribution in [0.3, 0.4) is 0 Å². The standard InChI is InChI=1S/C24H19BrN2O4/c1-15-2-9-19(10-3-15)26-24(29)20(27-23(28)17-5-7-18(25)8-6-17)12-16-4-11-21-22(13-16)31-14-30-21/h2-13H,14H2,1H3,(H,26,29)(H,27,28)/b20-12-. The second kappa shape index (κ2) is 9.06. The lowest BCUT2D eigenvalue weighted by Crippen LogP contribution is -2.30. The molecule has 3 aromatic rings. The minimum atomic E-state index is -0.438. The monoisotopic (exact) mass is 478 g/mol. The van der Waals surface area contributed by atoms with Gasteiger partial charge in [-0.25, -0.2) is 0 Å². The van der Waals surface area contributed by atoms with Crippen LogP contribution in [0, 0.1) is 6.92 Å². The Bertz CT molecular complexity index is 1160. The number of carbonyl (C=O) groups is 2. The molecular formula is C24H19BrN2O4. The van der Waals surface area contributed by atoms with Crippen LogP contribution in [-0.4, -0.2) is 18.6 Å². The summed E-state index contributed by atoms with van der Waals surface area (Å²) in [6.45, 7) is 2.12. The van der Waals surface area contributed by atoms with E-state index in [1.54, 1.807) is 48.5 Å². The molecule has 2 amide bonds. The molecule has 0 saturated heterocycles. The molecule has 0 saturated carbocycles. The van der Waals surface area contributed by atoms with Gasteiger partial charge in [-0.15, -0.1) is 0 Å². The maximum atomic E-state index is 13.0. The predicted octanol–water partition coefficient (Wildman–Crippen LogP) is 4.90. The number of rotatable bonds is 5. The Balaban J connectivity index is 1.62. The van der Waals surface area contributed by atoms with Crippen LogP contribution < -0.4 is 20.1 Å². The van der Waals surface area contributed by atoms with Crippen molar-refractivity contribution in [3.8, 4) is 11.5 Å². The summed E-state index contributed by atoms with van der Waals surface area (Å²) in [5.74, 6) is 0.401. The Labute approximate surface area is 188 Å². The molecule has 0 aliphatic carbocycles. The fraction of sp³-hybridized carbons (Fsp3) is 0.0833. The lowest BCUT2D eigenvalue weighted by Gasteiger charge is -2.12. The molecule has 3 aromatic carbocycles. The van der Waals surface area contributed by atoms with Crippen molar-refractivity contribution in [2.75, 3.05) is 12.1 Å². The summed E-state index contributed by atoms with van der Waals surface area (Å²) >= 11 is 3.35. The molecule has 2 N–H and O–H groups in total. The van der Waals surface area contributed by atoms with Crippen LogP contribution in [0.15, 0.2) is 76.9 Å². The highest BCUT2D eigenvalue weighted by Crippen LogP contribution is 2.33. The largest absolute Gasteiger partial charge is 0.454 e. The number of ether oxygens (including phenoxy) is 2. The highest BCUT2D eigenvalue weighted by molar-refractivity contribution is 9.10. The smallest absolute Gasteiger partial charge is 0.272 e. The van der Waals surface area contributed by atoms with Gasteiger partial charge in [0.25, 0.3) is 11.8 Å². The van der Waals surface area contributed by atoms with Crippen LogP contribution in [0.1, 0.15) is 21.5 Å². The second-order valence-electron chi connectivity index (χ2n) is 6.95. The van der Waals surface area contributed by atoms with Crippen LogP contribution in [0.4, 0.5) is 5.69 Å². The summed E-state index contributed by atoms with van der Waals surface area (Å²) in [7, 11) is 0. The summed E-state index contributed by atoms with van der Waals surface area (Å²) in [4.78, 5) is 25.8. The number of halogens is 1. The third-order valence-corrected chi connectivity index (χ3v) is 5.14. The summed E-state index contributed by atoms with van der Waals surface area (Å²) in [6.07, 6.45) is 1.60. The molecule has 0 unspecified atom stereocenters. The average molecular weight is 479 g/mol. The predicted molar refractivity (Wildman–Crippen MR) is 122 cm³/mol. The Morgan fingerprint density at radius 1 is 0.935 bits per heavy atom. The van der Waals surface area contributed by atoms with Gasteiger partial charge in [-0.1, -0.05) is 39.7 Å². The van der Waals surface area contributed by atoms with Crippen LogP contribution in [0.5, 0.6) is 11.5 Å². The van der Waals surface area contributed by atoms with Crippen LogP contribution >= 0.6 is 15.9 Å². The maximum Gasteiger partial charge on any atom is 0.272 e. The first-order valence-corrected chi connectivity index (χ1v) is 10.3. The zero-order chi connectivity index (χ0) is 21.8. The quantitative estimate of drug-likeness (QED) is 0.511. The van der Waals surface area contributed by atoms with Crippen molar-refractivity contribution < 1.29 is 19.1 Å². The number of benzene rings is 3. The summed E-state index contributed by atoms with van der Waals surface area (Å²) < 4.78 is 11.6. The van der Waals surface area contributed by atoms with E-state index in [1.165, 1.54) is 0 Å². The van der Waals surface area contributed by atoms with Gasteiger partial charge in [0.05, 0.1) is 0 Å². The van der Waals surface area contributed by atoms with Crippen LogP contribution in [0.2, 0.25) is 0 Å². The van der Waals surface area contributed by atoms with Gasteiger partial charge >= 0.3 is 0 Å². The molecule has 31 heavy (non-hydrogen) atoms. The molecule has 0 radical (unpaired) electrons. The van der Waals surface area contributed by atoms with E-state index in [0.717, 1.165) is 10.0 Å². The molecule has 156 valence electrons. The van der Waals surface area contributed by atoms with E-state index < -0.39 is 11.8 Å². The Morgan fingerprint density at radius 3 is 2.39 bits per heavy atom. The van der Waals surface area contributed by atoms with Crippen molar-refractivity contribution in [2.45, 2.75) is 6.92 Å². The maximum absolute atomic E-state index is 13.0. The van der Waals surface area contributed by atoms with Gasteiger partial charge in [0.15, 0.2) is 11.5 Å². The van der Waals surface area contributed by atoms with Gasteiger partial charge in [-0.3, -0.25) is 9.59 Å². The highest BCUT2D eigenvalue weighted by Gasteiger charge is 2.17. The number of hydrogen-bond acceptors (Lipinski definition) is 4. The van der Waals surface area contributed by atoms with Crippen molar-refractivity contribution in [1.29, 1.82) is 0 Å². The zero-order valence-electron chi connectivity index (χ0n) is 16.6. The van der Waals surface area contributed by atoms with Gasteiger partial charge in [0.2, 0.25) is 6.79 Å². The van der Waals surface area contributed by atoms with Crippen molar-refractivity contribution >= 4 is 39.5 Å². The molecule has 0 atom stereocenters. The molecule has 0 aromatic heterocycles. The molecule has 1 aliphatic rings. The van der Waals surface area contributed by atoms with Crippen LogP contribution in [0.25, 0.3) is 6.08 Å². The summed E-state index contributed by atoms with van der Waals surface area (Å²) in [5.41, 5.74) is 2.94. The third-order valence-electron chi connectivity index (χ3n) is 4.62. The fourth-order valence-corrected chi connectivity index (χ4v) is 3.22. The average Bonchev–Trinajstić information content (AvgIpc) is 3.23. The molecule has 1 heterocycles. The van der Waals surface area contributed by atoms with E-state index in [0.29, 0.717) is 28.3 Å². The van der Waals surface area contributed by atoms with Gasteiger partial charge in [-0.2, -0.15) is 0 Å². The molecule has 0 spiro atoms. The number of nitrogens with one attached hydrogen (secondary N) is 2. The van der Waals surface area contributed by atoms with E-state index in [1.807, 2.05) is 31.2 Å². The number of amides is 2. The van der Waals surface area contributed by atoms with Gasteiger partial charge < -0.3 is 20.1 Å². The van der Waals surface area contributed by atoms with E-state index in [-0.39, 0.29) is 12.5 Å². The summed E-state index contributed by atoms with van der Waals surface area (Å²) in [6, 6.07) is 19.6.